The number of para-hydroxylation sites is 2. The lowest BCUT2D eigenvalue weighted by molar-refractivity contribution is -0.120. The number of H-pyrrole nitrogens is 1. The summed E-state index contributed by atoms with van der Waals surface area (Å²) in [5.41, 5.74) is 1.85. The van der Waals surface area contributed by atoms with Crippen LogP contribution in [0.1, 0.15) is 30.0 Å². The summed E-state index contributed by atoms with van der Waals surface area (Å²) in [7, 11) is -3.73. The molecule has 0 bridgehead atoms. The Labute approximate surface area is 185 Å². The topological polar surface area (TPSA) is 130 Å². The zero-order valence-corrected chi connectivity index (χ0v) is 18.9. The fourth-order valence-electron chi connectivity index (χ4n) is 4.09. The lowest BCUT2D eigenvalue weighted by Gasteiger charge is -2.30. The van der Waals surface area contributed by atoms with Crippen LogP contribution in [-0.2, 0) is 14.8 Å². The second-order valence-electron chi connectivity index (χ2n) is 7.91. The number of aryl methyl sites for hydroxylation is 3. The van der Waals surface area contributed by atoms with Gasteiger partial charge >= 0.3 is 5.69 Å². The molecular weight excluding hydrogens is 434 g/mol. The van der Waals surface area contributed by atoms with E-state index in [1.54, 1.807) is 51.2 Å². The Morgan fingerprint density at radius 2 is 1.88 bits per heavy atom. The molecule has 3 heterocycles. The molecule has 1 fully saturated rings. The van der Waals surface area contributed by atoms with Gasteiger partial charge in [-0.3, -0.25) is 9.36 Å². The normalized spacial score (nSPS) is 15.7. The van der Waals surface area contributed by atoms with Crippen LogP contribution in [0, 0.1) is 26.7 Å². The summed E-state index contributed by atoms with van der Waals surface area (Å²) in [5.74, 6) is -0.287. The molecule has 10 nitrogen and oxygen atoms in total. The molecule has 1 saturated heterocycles. The Hall–Kier alpha value is -3.18. The summed E-state index contributed by atoms with van der Waals surface area (Å²) in [4.78, 5) is 27.9. The highest BCUT2D eigenvalue weighted by Gasteiger charge is 2.35. The SMILES string of the molecule is Cc1noc(C)c1S(=O)(=O)N1CCC(C(=O)Nc2ccccc2-n2c(C)c[nH]c2=O)CC1. The predicted octanol–water partition coefficient (Wildman–Crippen LogP) is 2.12. The number of imidazole rings is 1. The summed E-state index contributed by atoms with van der Waals surface area (Å²) < 4.78 is 33.9. The number of sulfonamides is 1. The highest BCUT2D eigenvalue weighted by molar-refractivity contribution is 7.89. The molecule has 1 amide bonds. The molecule has 3 aromatic rings. The van der Waals surface area contributed by atoms with Crippen molar-refractivity contribution >= 4 is 21.6 Å². The zero-order chi connectivity index (χ0) is 23.0. The lowest BCUT2D eigenvalue weighted by Crippen LogP contribution is -2.41. The molecule has 0 aliphatic carbocycles. The maximum Gasteiger partial charge on any atom is 0.330 e. The Bertz CT molecular complexity index is 1290. The van der Waals surface area contributed by atoms with Gasteiger partial charge < -0.3 is 14.8 Å². The molecule has 0 atom stereocenters. The Morgan fingerprint density at radius 3 is 2.47 bits per heavy atom. The molecule has 170 valence electrons. The third kappa shape index (κ3) is 3.89. The van der Waals surface area contributed by atoms with Crippen molar-refractivity contribution in [2.45, 2.75) is 38.5 Å². The van der Waals surface area contributed by atoms with Gasteiger partial charge in [-0.1, -0.05) is 17.3 Å². The molecule has 0 saturated carbocycles. The molecule has 1 aromatic carbocycles. The van der Waals surface area contributed by atoms with Gasteiger partial charge in [0.2, 0.25) is 15.9 Å². The third-order valence-electron chi connectivity index (χ3n) is 5.75. The minimum Gasteiger partial charge on any atom is -0.360 e. The van der Waals surface area contributed by atoms with E-state index in [2.05, 4.69) is 15.5 Å². The van der Waals surface area contributed by atoms with Gasteiger partial charge in [0.15, 0.2) is 5.76 Å². The highest BCUT2D eigenvalue weighted by atomic mass is 32.2. The van der Waals surface area contributed by atoms with E-state index in [0.29, 0.717) is 29.9 Å². The summed E-state index contributed by atoms with van der Waals surface area (Å²) in [6.45, 7) is 5.41. The number of amides is 1. The van der Waals surface area contributed by atoms with E-state index in [0.717, 1.165) is 5.69 Å². The predicted molar refractivity (Wildman–Crippen MR) is 117 cm³/mol. The van der Waals surface area contributed by atoms with Crippen molar-refractivity contribution in [3.8, 4) is 5.69 Å². The van der Waals surface area contributed by atoms with Crippen molar-refractivity contribution in [2.24, 2.45) is 5.92 Å². The number of rotatable bonds is 5. The van der Waals surface area contributed by atoms with Crippen LogP contribution in [0.4, 0.5) is 5.69 Å². The van der Waals surface area contributed by atoms with Crippen molar-refractivity contribution in [3.05, 3.63) is 58.1 Å². The van der Waals surface area contributed by atoms with E-state index in [4.69, 9.17) is 4.52 Å². The first-order chi connectivity index (χ1) is 15.2. The maximum atomic E-state index is 13.0. The van der Waals surface area contributed by atoms with Crippen LogP contribution < -0.4 is 11.0 Å². The molecule has 2 N–H and O–H groups in total. The maximum absolute atomic E-state index is 13.0. The fourth-order valence-corrected chi connectivity index (χ4v) is 5.86. The molecule has 1 aliphatic heterocycles. The average Bonchev–Trinajstić information content (AvgIpc) is 3.29. The number of carbonyl (C=O) groups is 1. The number of anilines is 1. The first kappa shape index (κ1) is 22.0. The second kappa shape index (κ2) is 8.40. The quantitative estimate of drug-likeness (QED) is 0.601. The number of hydrogen-bond donors (Lipinski definition) is 2. The molecule has 32 heavy (non-hydrogen) atoms. The van der Waals surface area contributed by atoms with Gasteiger partial charge in [0.25, 0.3) is 0 Å². The fraction of sp³-hybridized carbons (Fsp3) is 0.381. The molecule has 0 unspecified atom stereocenters. The Kier molecular flexibility index (Phi) is 5.78. The van der Waals surface area contributed by atoms with Crippen LogP contribution in [0.25, 0.3) is 5.69 Å². The standard InChI is InChI=1S/C21H25N5O5S/c1-13-12-22-21(28)26(13)18-7-5-4-6-17(18)23-20(27)16-8-10-25(11-9-16)32(29,30)19-14(2)24-31-15(19)3/h4-7,12,16H,8-11H2,1-3H3,(H,22,28)(H,23,27). The van der Waals surface area contributed by atoms with Crippen LogP contribution in [0.5, 0.6) is 0 Å². The zero-order valence-electron chi connectivity index (χ0n) is 18.1. The molecule has 11 heteroatoms. The molecule has 2 aromatic heterocycles. The molecule has 0 radical (unpaired) electrons. The van der Waals surface area contributed by atoms with Gasteiger partial charge in [-0.2, -0.15) is 4.31 Å². The van der Waals surface area contributed by atoms with Gasteiger partial charge in [-0.05, 0) is 45.7 Å². The number of aromatic amines is 1. The van der Waals surface area contributed by atoms with Crippen molar-refractivity contribution in [1.82, 2.24) is 19.0 Å². The minimum absolute atomic E-state index is 0.0987. The number of carbonyl (C=O) groups excluding carboxylic acids is 1. The van der Waals surface area contributed by atoms with Crippen molar-refractivity contribution in [2.75, 3.05) is 18.4 Å². The second-order valence-corrected chi connectivity index (χ2v) is 9.78. The first-order valence-corrected chi connectivity index (χ1v) is 11.7. The number of piperidine rings is 1. The molecule has 0 spiro atoms. The number of aromatic nitrogens is 3. The number of nitrogens with one attached hydrogen (secondary N) is 2. The van der Waals surface area contributed by atoms with E-state index < -0.39 is 10.0 Å². The third-order valence-corrected chi connectivity index (χ3v) is 7.90. The number of benzene rings is 1. The summed E-state index contributed by atoms with van der Waals surface area (Å²) in [6.07, 6.45) is 2.38. The molecular formula is C21H25N5O5S. The molecule has 4 rings (SSSR count). The van der Waals surface area contributed by atoms with Gasteiger partial charge in [0.05, 0.1) is 11.4 Å². The summed E-state index contributed by atoms with van der Waals surface area (Å²) >= 11 is 0. The van der Waals surface area contributed by atoms with Crippen LogP contribution in [0.15, 0.2) is 44.7 Å². The minimum atomic E-state index is -3.73. The highest BCUT2D eigenvalue weighted by Crippen LogP contribution is 2.29. The van der Waals surface area contributed by atoms with Crippen molar-refractivity contribution in [1.29, 1.82) is 0 Å². The van der Waals surface area contributed by atoms with E-state index >= 15 is 0 Å². The first-order valence-electron chi connectivity index (χ1n) is 10.3. The summed E-state index contributed by atoms with van der Waals surface area (Å²) in [6, 6.07) is 7.08. The van der Waals surface area contributed by atoms with Gasteiger partial charge in [0, 0.05) is 30.9 Å². The van der Waals surface area contributed by atoms with Crippen molar-refractivity contribution < 1.29 is 17.7 Å². The van der Waals surface area contributed by atoms with E-state index in [1.165, 1.54) is 8.87 Å². The largest absolute Gasteiger partial charge is 0.360 e. The summed E-state index contributed by atoms with van der Waals surface area (Å²) in [5, 5.41) is 6.65. The average molecular weight is 460 g/mol. The van der Waals surface area contributed by atoms with Crippen LogP contribution in [0.3, 0.4) is 0 Å². The Balaban J connectivity index is 1.47. The van der Waals surface area contributed by atoms with Gasteiger partial charge in [-0.25, -0.2) is 13.2 Å². The number of hydrogen-bond acceptors (Lipinski definition) is 6. The van der Waals surface area contributed by atoms with Crippen LogP contribution in [0.2, 0.25) is 0 Å². The van der Waals surface area contributed by atoms with Gasteiger partial charge in [-0.15, -0.1) is 0 Å². The Morgan fingerprint density at radius 1 is 1.19 bits per heavy atom. The van der Waals surface area contributed by atoms with Crippen LogP contribution in [-0.4, -0.2) is 46.4 Å². The number of nitrogens with zero attached hydrogens (tertiary/aromatic N) is 3. The van der Waals surface area contributed by atoms with E-state index in [9.17, 15) is 18.0 Å². The van der Waals surface area contributed by atoms with Crippen molar-refractivity contribution in [3.63, 3.8) is 0 Å². The lowest BCUT2D eigenvalue weighted by atomic mass is 9.97. The smallest absolute Gasteiger partial charge is 0.330 e. The monoisotopic (exact) mass is 459 g/mol. The van der Waals surface area contributed by atoms with Crippen LogP contribution >= 0.6 is 0 Å². The molecule has 1 aliphatic rings. The van der Waals surface area contributed by atoms with Gasteiger partial charge in [0.1, 0.15) is 10.6 Å². The van der Waals surface area contributed by atoms with E-state index in [-0.39, 0.29) is 41.3 Å². The van der Waals surface area contributed by atoms with E-state index in [1.807, 2.05) is 0 Å².